The minimum absolute atomic E-state index is 0.0271. The lowest BCUT2D eigenvalue weighted by Gasteiger charge is -2.28. The molecule has 5 atom stereocenters. The lowest BCUT2D eigenvalue weighted by molar-refractivity contribution is -0.143. The SMILES string of the molecule is CCC(C)C(NC(=O)C(N)CO)C(=O)NC(Cc1cnc[nH]1)C(=O)NC(C(=O)O)C(C)C. The van der Waals surface area contributed by atoms with E-state index in [1.807, 2.05) is 6.92 Å². The number of amides is 3. The highest BCUT2D eigenvalue weighted by Crippen LogP contribution is 2.10. The van der Waals surface area contributed by atoms with Crippen LogP contribution in [0, 0.1) is 11.8 Å². The van der Waals surface area contributed by atoms with Gasteiger partial charge in [-0.15, -0.1) is 0 Å². The van der Waals surface area contributed by atoms with E-state index in [0.29, 0.717) is 12.1 Å². The quantitative estimate of drug-likeness (QED) is 0.187. The monoisotopic (exact) mass is 454 g/mol. The molecule has 1 aromatic heterocycles. The Morgan fingerprint density at radius 2 is 1.69 bits per heavy atom. The van der Waals surface area contributed by atoms with Gasteiger partial charge >= 0.3 is 5.97 Å². The maximum Gasteiger partial charge on any atom is 0.326 e. The van der Waals surface area contributed by atoms with Crippen LogP contribution in [0.15, 0.2) is 12.5 Å². The highest BCUT2D eigenvalue weighted by atomic mass is 16.4. The zero-order valence-electron chi connectivity index (χ0n) is 18.8. The van der Waals surface area contributed by atoms with Crippen LogP contribution in [0.25, 0.3) is 0 Å². The molecule has 0 aliphatic heterocycles. The topological polar surface area (TPSA) is 200 Å². The molecule has 180 valence electrons. The van der Waals surface area contributed by atoms with Crippen LogP contribution in [0.4, 0.5) is 0 Å². The number of aliphatic hydroxyl groups is 1. The van der Waals surface area contributed by atoms with Crippen molar-refractivity contribution in [2.24, 2.45) is 17.6 Å². The molecule has 1 aromatic rings. The molecule has 8 N–H and O–H groups in total. The number of aliphatic hydroxyl groups excluding tert-OH is 1. The van der Waals surface area contributed by atoms with Crippen LogP contribution in [0.3, 0.4) is 0 Å². The molecule has 3 amide bonds. The normalized spacial score (nSPS) is 15.8. The third-order valence-electron chi connectivity index (χ3n) is 5.17. The van der Waals surface area contributed by atoms with Gasteiger partial charge in [-0.1, -0.05) is 34.1 Å². The fourth-order valence-electron chi connectivity index (χ4n) is 2.90. The van der Waals surface area contributed by atoms with E-state index >= 15 is 0 Å². The number of rotatable bonds is 13. The zero-order valence-corrected chi connectivity index (χ0v) is 18.8. The van der Waals surface area contributed by atoms with Crippen molar-refractivity contribution in [3.05, 3.63) is 18.2 Å². The largest absolute Gasteiger partial charge is 0.480 e. The number of imidazole rings is 1. The predicted molar refractivity (Wildman–Crippen MR) is 115 cm³/mol. The molecule has 0 aromatic carbocycles. The van der Waals surface area contributed by atoms with Gasteiger partial charge < -0.3 is 36.9 Å². The fraction of sp³-hybridized carbons (Fsp3) is 0.650. The van der Waals surface area contributed by atoms with Gasteiger partial charge in [0.05, 0.1) is 12.9 Å². The molecule has 0 aliphatic rings. The number of carbonyl (C=O) groups is 4. The number of nitrogens with one attached hydrogen (secondary N) is 4. The lowest BCUT2D eigenvalue weighted by atomic mass is 9.97. The van der Waals surface area contributed by atoms with Crippen LogP contribution < -0.4 is 21.7 Å². The van der Waals surface area contributed by atoms with E-state index in [9.17, 15) is 24.3 Å². The third-order valence-corrected chi connectivity index (χ3v) is 5.17. The van der Waals surface area contributed by atoms with Crippen molar-refractivity contribution >= 4 is 23.7 Å². The summed E-state index contributed by atoms with van der Waals surface area (Å²) in [5.41, 5.74) is 6.08. The van der Waals surface area contributed by atoms with E-state index in [-0.39, 0.29) is 18.3 Å². The van der Waals surface area contributed by atoms with E-state index in [4.69, 9.17) is 10.8 Å². The summed E-state index contributed by atoms with van der Waals surface area (Å²) >= 11 is 0. The summed E-state index contributed by atoms with van der Waals surface area (Å²) in [6.45, 7) is 6.30. The summed E-state index contributed by atoms with van der Waals surface area (Å²) in [5, 5.41) is 26.1. The number of carboxylic acids is 1. The van der Waals surface area contributed by atoms with Gasteiger partial charge in [-0.25, -0.2) is 9.78 Å². The lowest BCUT2D eigenvalue weighted by Crippen LogP contribution is -2.59. The van der Waals surface area contributed by atoms with Crippen LogP contribution in [-0.2, 0) is 25.6 Å². The van der Waals surface area contributed by atoms with Crippen molar-refractivity contribution in [3.8, 4) is 0 Å². The standard InChI is InChI=1S/C20H34N6O6/c1-5-11(4)16(26-17(28)13(21)8-27)19(30)24-14(6-12-7-22-9-23-12)18(29)25-15(10(2)3)20(31)32/h7,9-11,13-16,27H,5-6,8,21H2,1-4H3,(H,22,23)(H,24,30)(H,25,29)(H,26,28)(H,31,32). The van der Waals surface area contributed by atoms with Gasteiger partial charge in [-0.2, -0.15) is 0 Å². The number of hydrogen-bond donors (Lipinski definition) is 7. The number of hydrogen-bond acceptors (Lipinski definition) is 7. The summed E-state index contributed by atoms with van der Waals surface area (Å²) in [5.74, 6) is -3.89. The van der Waals surface area contributed by atoms with Crippen molar-refractivity contribution in [2.75, 3.05) is 6.61 Å². The molecule has 12 nitrogen and oxygen atoms in total. The van der Waals surface area contributed by atoms with Gasteiger partial charge in [0, 0.05) is 18.3 Å². The second-order valence-electron chi connectivity index (χ2n) is 8.07. The Labute approximate surface area is 186 Å². The molecule has 0 fully saturated rings. The molecule has 1 heterocycles. The van der Waals surface area contributed by atoms with Crippen LogP contribution >= 0.6 is 0 Å². The Bertz CT molecular complexity index is 769. The first kappa shape index (κ1) is 27.0. The van der Waals surface area contributed by atoms with Crippen LogP contribution in [-0.4, -0.2) is 74.6 Å². The highest BCUT2D eigenvalue weighted by molar-refractivity contribution is 5.94. The fourth-order valence-corrected chi connectivity index (χ4v) is 2.90. The first-order chi connectivity index (χ1) is 15.0. The maximum absolute atomic E-state index is 13.0. The molecule has 0 aliphatic carbocycles. The van der Waals surface area contributed by atoms with E-state index in [1.165, 1.54) is 12.5 Å². The van der Waals surface area contributed by atoms with Crippen LogP contribution in [0.5, 0.6) is 0 Å². The molecule has 0 saturated heterocycles. The predicted octanol–water partition coefficient (Wildman–Crippen LogP) is -1.49. The minimum atomic E-state index is -1.19. The summed E-state index contributed by atoms with van der Waals surface area (Å²) in [6, 6.07) is -4.47. The van der Waals surface area contributed by atoms with E-state index in [0.717, 1.165) is 0 Å². The Kier molecular flexibility index (Phi) is 10.8. The van der Waals surface area contributed by atoms with Crippen LogP contribution in [0.1, 0.15) is 39.8 Å². The number of aliphatic carboxylic acids is 1. The minimum Gasteiger partial charge on any atom is -0.480 e. The average molecular weight is 455 g/mol. The van der Waals surface area contributed by atoms with Crippen LogP contribution in [0.2, 0.25) is 0 Å². The summed E-state index contributed by atoms with van der Waals surface area (Å²) in [7, 11) is 0. The Hall–Kier alpha value is -2.99. The van der Waals surface area contributed by atoms with Crippen molar-refractivity contribution in [1.29, 1.82) is 0 Å². The molecular formula is C20H34N6O6. The van der Waals surface area contributed by atoms with Gasteiger partial charge in [0.1, 0.15) is 24.2 Å². The van der Waals surface area contributed by atoms with Crippen molar-refractivity contribution in [3.63, 3.8) is 0 Å². The van der Waals surface area contributed by atoms with E-state index in [1.54, 1.807) is 20.8 Å². The summed E-state index contributed by atoms with van der Waals surface area (Å²) < 4.78 is 0. The third kappa shape index (κ3) is 7.93. The molecule has 0 spiro atoms. The van der Waals surface area contributed by atoms with Crippen molar-refractivity contribution in [2.45, 2.75) is 64.7 Å². The van der Waals surface area contributed by atoms with Crippen molar-refractivity contribution < 1.29 is 29.4 Å². The second kappa shape index (κ2) is 12.8. The molecule has 1 rings (SSSR count). The molecule has 0 radical (unpaired) electrons. The number of H-pyrrole nitrogens is 1. The number of aromatic nitrogens is 2. The van der Waals surface area contributed by atoms with E-state index in [2.05, 4.69) is 25.9 Å². The first-order valence-electron chi connectivity index (χ1n) is 10.5. The van der Waals surface area contributed by atoms with Gasteiger partial charge in [-0.3, -0.25) is 14.4 Å². The Morgan fingerprint density at radius 1 is 1.06 bits per heavy atom. The van der Waals surface area contributed by atoms with Gasteiger partial charge in [0.15, 0.2) is 0 Å². The average Bonchev–Trinajstić information content (AvgIpc) is 3.26. The molecule has 0 saturated carbocycles. The zero-order chi connectivity index (χ0) is 24.4. The van der Waals surface area contributed by atoms with Gasteiger partial charge in [0.2, 0.25) is 17.7 Å². The van der Waals surface area contributed by atoms with E-state index < -0.39 is 54.5 Å². The molecular weight excluding hydrogens is 420 g/mol. The number of carbonyl (C=O) groups excluding carboxylic acids is 3. The number of nitrogens with two attached hydrogens (primary N) is 1. The Morgan fingerprint density at radius 3 is 2.16 bits per heavy atom. The molecule has 0 bridgehead atoms. The van der Waals surface area contributed by atoms with Gasteiger partial charge in [-0.05, 0) is 11.8 Å². The van der Waals surface area contributed by atoms with Gasteiger partial charge in [0.25, 0.3) is 0 Å². The highest BCUT2D eigenvalue weighted by Gasteiger charge is 2.33. The first-order valence-corrected chi connectivity index (χ1v) is 10.5. The number of carboxylic acid groups (broad SMARTS) is 1. The summed E-state index contributed by atoms with van der Waals surface area (Å²) in [4.78, 5) is 56.3. The molecule has 32 heavy (non-hydrogen) atoms. The number of aromatic amines is 1. The molecule has 5 unspecified atom stereocenters. The summed E-state index contributed by atoms with van der Waals surface area (Å²) in [6.07, 6.45) is 3.47. The smallest absolute Gasteiger partial charge is 0.326 e. The number of nitrogens with zero attached hydrogens (tertiary/aromatic N) is 1. The Balaban J connectivity index is 3.09. The van der Waals surface area contributed by atoms with Crippen molar-refractivity contribution in [1.82, 2.24) is 25.9 Å². The second-order valence-corrected chi connectivity index (χ2v) is 8.07. The molecule has 12 heteroatoms. The maximum atomic E-state index is 13.0.